The first-order chi connectivity index (χ1) is 1.73. The molecule has 0 radical (unpaired) electrons. The lowest BCUT2D eigenvalue weighted by atomic mass is 10.5. The van der Waals surface area contributed by atoms with Crippen LogP contribution in [0.5, 0.6) is 0 Å². The Labute approximate surface area is 38.4 Å². The fourth-order valence-corrected chi connectivity index (χ4v) is 0. The lowest BCUT2D eigenvalue weighted by molar-refractivity contribution is 0.535. The monoisotopic (exact) mass is 148 g/mol. The van der Waals surface area contributed by atoms with Crippen molar-refractivity contribution in [2.75, 3.05) is 0 Å². The van der Waals surface area contributed by atoms with Gasteiger partial charge in [0.15, 0.2) is 0 Å². The molecule has 0 aromatic rings. The van der Waals surface area contributed by atoms with E-state index in [0.29, 0.717) is 0 Å². The molecule has 0 spiro atoms. The Morgan fingerprint density at radius 3 is 1.00 bits per heavy atom. The highest BCUT2D eigenvalue weighted by atomic mass is 79.9. The summed E-state index contributed by atoms with van der Waals surface area (Å²) in [6, 6.07) is 0. The predicted molar refractivity (Wildman–Crippen MR) is 19.4 cm³/mol. The summed E-state index contributed by atoms with van der Waals surface area (Å²) in [4.78, 5) is 0. The lowest BCUT2D eigenvalue weighted by Crippen LogP contribution is -1.76. The minimum absolute atomic E-state index is 0. The van der Waals surface area contributed by atoms with E-state index in [-0.39, 0.29) is 17.0 Å². The smallest absolute Gasteiger partial charge is 0.254 e. The largest absolute Gasteiger partial charge is 0.762 e. The van der Waals surface area contributed by atoms with Crippen LogP contribution in [0, 0.1) is 0 Å². The molecule has 32 valence electrons. The maximum absolute atomic E-state index is 9.67. The first-order valence-electron chi connectivity index (χ1n) is 0.655. The summed E-state index contributed by atoms with van der Waals surface area (Å²) in [5, 5.41) is 0. The van der Waals surface area contributed by atoms with E-state index in [0.717, 1.165) is 0 Å². The predicted octanol–water partition coefficient (Wildman–Crippen LogP) is 1.46. The number of rotatable bonds is 0. The van der Waals surface area contributed by atoms with Crippen LogP contribution < -0.4 is 0 Å². The maximum atomic E-state index is 9.67. The van der Waals surface area contributed by atoms with Crippen molar-refractivity contribution in [3.63, 3.8) is 0 Å². The molecule has 5 heteroatoms. The molecule has 0 atom stereocenters. The van der Waals surface area contributed by atoms with Crippen molar-refractivity contribution in [3.05, 3.63) is 0 Å². The van der Waals surface area contributed by atoms with Gasteiger partial charge in [-0.1, -0.05) is 0 Å². The fourth-order valence-electron chi connectivity index (χ4n) is 0. The number of hydrogen-bond donors (Lipinski definition) is 0. The van der Waals surface area contributed by atoms with Crippen molar-refractivity contribution in [1.82, 2.24) is 0 Å². The van der Waals surface area contributed by atoms with Gasteiger partial charge in [0, 0.05) is 0 Å². The highest BCUT2D eigenvalue weighted by Gasteiger charge is 2.06. The Balaban J connectivity index is 0. The minimum Gasteiger partial charge on any atom is -0.254 e. The average Bonchev–Trinajstić information content (AvgIpc) is 0.811. The normalized spacial score (nSPS) is 5.40. The Morgan fingerprint density at radius 1 is 1.00 bits per heavy atom. The van der Waals surface area contributed by atoms with E-state index in [4.69, 9.17) is 0 Å². The summed E-state index contributed by atoms with van der Waals surface area (Å²) in [6.45, 7) is 0. The molecule has 5 heavy (non-hydrogen) atoms. The van der Waals surface area contributed by atoms with E-state index in [2.05, 4.69) is 0 Å². The topological polar surface area (TPSA) is 0 Å². The van der Waals surface area contributed by atoms with Crippen LogP contribution in [0.1, 0.15) is 0 Å². The van der Waals surface area contributed by atoms with Crippen molar-refractivity contribution < 1.29 is 12.9 Å². The molecule has 0 heterocycles. The van der Waals surface area contributed by atoms with Gasteiger partial charge in [0.25, 0.3) is 0 Å². The van der Waals surface area contributed by atoms with Crippen LogP contribution in [0.4, 0.5) is 12.9 Å². The SMILES string of the molecule is Br.FB(F)F. The van der Waals surface area contributed by atoms with Gasteiger partial charge in [-0.25, -0.2) is 0 Å². The third-order valence-corrected chi connectivity index (χ3v) is 0. The van der Waals surface area contributed by atoms with Crippen LogP contribution in [-0.2, 0) is 0 Å². The summed E-state index contributed by atoms with van der Waals surface area (Å²) in [6.07, 6.45) is 0. The van der Waals surface area contributed by atoms with E-state index in [1.54, 1.807) is 0 Å². The average molecular weight is 149 g/mol. The van der Waals surface area contributed by atoms with Crippen LogP contribution in [0.15, 0.2) is 0 Å². The number of hydrogen-bond acceptors (Lipinski definition) is 0. The molecular formula is HBBrF3. The Hall–Kier alpha value is 0.335. The second-order valence-electron chi connectivity index (χ2n) is 0.247. The molecule has 0 aliphatic rings. The molecular weight excluding hydrogens is 148 g/mol. The minimum atomic E-state index is -3.67. The molecule has 0 aromatic heterocycles. The standard InChI is InChI=1S/BF3.BrH/c2-1(3)4;/h;1H. The van der Waals surface area contributed by atoms with Crippen molar-refractivity contribution in [2.45, 2.75) is 0 Å². The summed E-state index contributed by atoms with van der Waals surface area (Å²) >= 11 is 0. The quantitative estimate of drug-likeness (QED) is 0.457. The molecule has 0 saturated heterocycles. The molecule has 0 rings (SSSR count). The third-order valence-electron chi connectivity index (χ3n) is 0. The van der Waals surface area contributed by atoms with Gasteiger partial charge in [0.05, 0.1) is 0 Å². The van der Waals surface area contributed by atoms with E-state index in [1.807, 2.05) is 0 Å². The van der Waals surface area contributed by atoms with Gasteiger partial charge in [-0.05, 0) is 0 Å². The Bertz CT molecular complexity index is 11.6. The Morgan fingerprint density at radius 2 is 1.00 bits per heavy atom. The van der Waals surface area contributed by atoms with Crippen LogP contribution in [0.2, 0.25) is 0 Å². The summed E-state index contributed by atoms with van der Waals surface area (Å²) in [5.41, 5.74) is 0. The molecule has 0 amide bonds. The molecule has 0 aliphatic carbocycles. The second kappa shape index (κ2) is 4.33. The second-order valence-corrected chi connectivity index (χ2v) is 0.247. The third kappa shape index (κ3) is 211. The van der Waals surface area contributed by atoms with E-state index >= 15 is 0 Å². The van der Waals surface area contributed by atoms with Crippen molar-refractivity contribution in [2.24, 2.45) is 0 Å². The zero-order valence-electron chi connectivity index (χ0n) is 2.12. The Kier molecular flexibility index (Phi) is 7.82. The molecule has 0 bridgehead atoms. The number of halogens is 4. The van der Waals surface area contributed by atoms with Crippen LogP contribution in [0.25, 0.3) is 0 Å². The highest BCUT2D eigenvalue weighted by Crippen LogP contribution is 1.80. The van der Waals surface area contributed by atoms with Gasteiger partial charge < -0.3 is 0 Å². The van der Waals surface area contributed by atoms with Crippen molar-refractivity contribution in [1.29, 1.82) is 0 Å². The molecule has 0 fully saturated rings. The molecule has 0 aliphatic heterocycles. The van der Waals surface area contributed by atoms with E-state index in [1.165, 1.54) is 0 Å². The maximum Gasteiger partial charge on any atom is 0.762 e. The first-order valence-corrected chi connectivity index (χ1v) is 0.655. The van der Waals surface area contributed by atoms with Gasteiger partial charge in [-0.15, -0.1) is 17.0 Å². The molecule has 0 nitrogen and oxygen atoms in total. The lowest BCUT2D eigenvalue weighted by Gasteiger charge is -1.55. The summed E-state index contributed by atoms with van der Waals surface area (Å²) in [7, 11) is -3.67. The van der Waals surface area contributed by atoms with Crippen molar-refractivity contribution in [3.8, 4) is 0 Å². The van der Waals surface area contributed by atoms with Gasteiger partial charge in [0.1, 0.15) is 0 Å². The van der Waals surface area contributed by atoms with Gasteiger partial charge in [-0.3, -0.25) is 12.9 Å². The fraction of sp³-hybridized carbons (Fsp3) is 0. The van der Waals surface area contributed by atoms with Gasteiger partial charge in [0.2, 0.25) is 0 Å². The zero-order valence-corrected chi connectivity index (χ0v) is 3.83. The van der Waals surface area contributed by atoms with Crippen LogP contribution in [-0.4, -0.2) is 7.54 Å². The van der Waals surface area contributed by atoms with Crippen molar-refractivity contribution >= 4 is 24.5 Å². The van der Waals surface area contributed by atoms with Crippen LogP contribution in [0.3, 0.4) is 0 Å². The zero-order chi connectivity index (χ0) is 3.58. The van der Waals surface area contributed by atoms with Crippen LogP contribution >= 0.6 is 17.0 Å². The molecule has 0 aromatic carbocycles. The molecule has 0 unspecified atom stereocenters. The first kappa shape index (κ1) is 9.01. The molecule has 0 N–H and O–H groups in total. The molecule has 0 saturated carbocycles. The summed E-state index contributed by atoms with van der Waals surface area (Å²) < 4.78 is 29.0. The van der Waals surface area contributed by atoms with Gasteiger partial charge >= 0.3 is 7.54 Å². The van der Waals surface area contributed by atoms with E-state index in [9.17, 15) is 12.9 Å². The van der Waals surface area contributed by atoms with E-state index < -0.39 is 7.54 Å². The highest BCUT2D eigenvalue weighted by molar-refractivity contribution is 8.93. The van der Waals surface area contributed by atoms with Gasteiger partial charge in [-0.2, -0.15) is 0 Å². The summed E-state index contributed by atoms with van der Waals surface area (Å²) in [5.74, 6) is 0.